The molecule has 0 saturated heterocycles. The normalized spacial score (nSPS) is 12.2. The van der Waals surface area contributed by atoms with Crippen molar-refractivity contribution in [2.24, 2.45) is 5.73 Å². The number of benzene rings is 1. The summed E-state index contributed by atoms with van der Waals surface area (Å²) in [6, 6.07) is 5.78. The maximum Gasteiger partial charge on any atom is 0.124 e. The molecule has 0 unspecified atom stereocenters. The first-order chi connectivity index (χ1) is 6.65. The Morgan fingerprint density at radius 3 is 2.93 bits per heavy atom. The Kier molecular flexibility index (Phi) is 4.17. The second-order valence-corrected chi connectivity index (χ2v) is 3.99. The molecule has 0 amide bonds. The van der Waals surface area contributed by atoms with Crippen LogP contribution in [0.3, 0.4) is 0 Å². The van der Waals surface area contributed by atoms with E-state index < -0.39 is 0 Å². The van der Waals surface area contributed by atoms with Crippen LogP contribution in [0.25, 0.3) is 0 Å². The molecule has 0 radical (unpaired) electrons. The van der Waals surface area contributed by atoms with E-state index in [0.29, 0.717) is 6.61 Å². The van der Waals surface area contributed by atoms with E-state index in [1.54, 1.807) is 6.08 Å². The predicted molar refractivity (Wildman–Crippen MR) is 62.4 cm³/mol. The largest absolute Gasteiger partial charge is 0.489 e. The smallest absolute Gasteiger partial charge is 0.124 e. The topological polar surface area (TPSA) is 35.2 Å². The SMILES string of the molecule is C=CCOc1ccc(Br)cc1[C@@H](C)N. The molecule has 0 heterocycles. The molecule has 0 aromatic heterocycles. The zero-order valence-electron chi connectivity index (χ0n) is 8.16. The van der Waals surface area contributed by atoms with Gasteiger partial charge in [0.2, 0.25) is 0 Å². The molecule has 0 fully saturated rings. The van der Waals surface area contributed by atoms with E-state index in [2.05, 4.69) is 22.5 Å². The molecule has 0 aliphatic carbocycles. The van der Waals surface area contributed by atoms with E-state index in [0.717, 1.165) is 15.8 Å². The second kappa shape index (κ2) is 5.17. The summed E-state index contributed by atoms with van der Waals surface area (Å²) < 4.78 is 6.49. The van der Waals surface area contributed by atoms with Gasteiger partial charge in [-0.1, -0.05) is 28.6 Å². The highest BCUT2D eigenvalue weighted by molar-refractivity contribution is 9.10. The van der Waals surface area contributed by atoms with Gasteiger partial charge in [0.15, 0.2) is 0 Å². The molecule has 1 atom stereocenters. The Bertz CT molecular complexity index is 323. The van der Waals surface area contributed by atoms with Crippen LogP contribution in [0.2, 0.25) is 0 Å². The first-order valence-corrected chi connectivity index (χ1v) is 5.23. The first-order valence-electron chi connectivity index (χ1n) is 4.44. The van der Waals surface area contributed by atoms with E-state index >= 15 is 0 Å². The van der Waals surface area contributed by atoms with Crippen LogP contribution in [0.5, 0.6) is 5.75 Å². The molecule has 0 spiro atoms. The number of ether oxygens (including phenoxy) is 1. The molecule has 2 N–H and O–H groups in total. The van der Waals surface area contributed by atoms with Gasteiger partial charge in [0.05, 0.1) is 0 Å². The molecule has 3 heteroatoms. The van der Waals surface area contributed by atoms with Crippen LogP contribution in [-0.2, 0) is 0 Å². The molecule has 2 nitrogen and oxygen atoms in total. The highest BCUT2D eigenvalue weighted by atomic mass is 79.9. The number of hydrogen-bond donors (Lipinski definition) is 1. The molecule has 76 valence electrons. The lowest BCUT2D eigenvalue weighted by Gasteiger charge is -2.13. The Hall–Kier alpha value is -0.800. The number of halogens is 1. The van der Waals surface area contributed by atoms with Gasteiger partial charge in [-0.2, -0.15) is 0 Å². The van der Waals surface area contributed by atoms with Gasteiger partial charge in [0, 0.05) is 16.1 Å². The predicted octanol–water partition coefficient (Wildman–Crippen LogP) is 3.03. The highest BCUT2D eigenvalue weighted by Gasteiger charge is 2.07. The van der Waals surface area contributed by atoms with Gasteiger partial charge >= 0.3 is 0 Å². The zero-order valence-corrected chi connectivity index (χ0v) is 9.75. The summed E-state index contributed by atoms with van der Waals surface area (Å²) in [6.45, 7) is 6.04. The fraction of sp³-hybridized carbons (Fsp3) is 0.273. The van der Waals surface area contributed by atoms with Crippen molar-refractivity contribution in [2.75, 3.05) is 6.61 Å². The van der Waals surface area contributed by atoms with Gasteiger partial charge in [-0.15, -0.1) is 0 Å². The van der Waals surface area contributed by atoms with Crippen LogP contribution >= 0.6 is 15.9 Å². The number of rotatable bonds is 4. The zero-order chi connectivity index (χ0) is 10.6. The minimum Gasteiger partial charge on any atom is -0.489 e. The summed E-state index contributed by atoms with van der Waals surface area (Å²) in [4.78, 5) is 0. The Labute approximate surface area is 92.9 Å². The lowest BCUT2D eigenvalue weighted by Crippen LogP contribution is -2.08. The Morgan fingerprint density at radius 1 is 1.64 bits per heavy atom. The molecule has 0 bridgehead atoms. The minimum absolute atomic E-state index is 0.0349. The van der Waals surface area contributed by atoms with Gasteiger partial charge in [-0.3, -0.25) is 0 Å². The van der Waals surface area contributed by atoms with Crippen molar-refractivity contribution < 1.29 is 4.74 Å². The monoisotopic (exact) mass is 255 g/mol. The summed E-state index contributed by atoms with van der Waals surface area (Å²) in [5, 5.41) is 0. The molecule has 1 rings (SSSR count). The molecule has 0 saturated carbocycles. The first kappa shape index (κ1) is 11.3. The fourth-order valence-electron chi connectivity index (χ4n) is 1.16. The van der Waals surface area contributed by atoms with Crippen LogP contribution < -0.4 is 10.5 Å². The van der Waals surface area contributed by atoms with Gasteiger partial charge in [-0.25, -0.2) is 0 Å². The van der Waals surface area contributed by atoms with Crippen molar-refractivity contribution in [3.05, 3.63) is 40.9 Å². The van der Waals surface area contributed by atoms with Crippen molar-refractivity contribution in [1.82, 2.24) is 0 Å². The highest BCUT2D eigenvalue weighted by Crippen LogP contribution is 2.27. The summed E-state index contributed by atoms with van der Waals surface area (Å²) in [7, 11) is 0. The van der Waals surface area contributed by atoms with Crippen LogP contribution in [0.1, 0.15) is 18.5 Å². The number of nitrogens with two attached hydrogens (primary N) is 1. The maximum absolute atomic E-state index is 5.83. The molecule has 0 aliphatic rings. The standard InChI is InChI=1S/C11H14BrNO/c1-3-6-14-11-5-4-9(12)7-10(11)8(2)13/h3-5,7-8H,1,6,13H2,2H3/t8-/m1/s1. The van der Waals surface area contributed by atoms with E-state index in [1.165, 1.54) is 0 Å². The second-order valence-electron chi connectivity index (χ2n) is 3.07. The van der Waals surface area contributed by atoms with Crippen LogP contribution in [0.15, 0.2) is 35.3 Å². The average molecular weight is 256 g/mol. The molecular weight excluding hydrogens is 242 g/mol. The minimum atomic E-state index is -0.0349. The third-order valence-electron chi connectivity index (χ3n) is 1.82. The van der Waals surface area contributed by atoms with Crippen LogP contribution in [0.4, 0.5) is 0 Å². The lowest BCUT2D eigenvalue weighted by molar-refractivity contribution is 0.357. The fourth-order valence-corrected chi connectivity index (χ4v) is 1.53. The van der Waals surface area contributed by atoms with Crippen molar-refractivity contribution in [3.63, 3.8) is 0 Å². The Morgan fingerprint density at radius 2 is 2.36 bits per heavy atom. The van der Waals surface area contributed by atoms with Gasteiger partial charge in [0.1, 0.15) is 12.4 Å². The molecule has 1 aromatic carbocycles. The summed E-state index contributed by atoms with van der Waals surface area (Å²) >= 11 is 3.40. The third-order valence-corrected chi connectivity index (χ3v) is 2.31. The maximum atomic E-state index is 5.83. The van der Waals surface area contributed by atoms with Crippen molar-refractivity contribution in [1.29, 1.82) is 0 Å². The van der Waals surface area contributed by atoms with Crippen molar-refractivity contribution in [2.45, 2.75) is 13.0 Å². The van der Waals surface area contributed by atoms with E-state index in [9.17, 15) is 0 Å². The number of hydrogen-bond acceptors (Lipinski definition) is 2. The summed E-state index contributed by atoms with van der Waals surface area (Å²) in [5.41, 5.74) is 6.83. The molecular formula is C11H14BrNO. The Balaban J connectivity index is 2.95. The van der Waals surface area contributed by atoms with Crippen LogP contribution in [0, 0.1) is 0 Å². The molecule has 1 aromatic rings. The summed E-state index contributed by atoms with van der Waals surface area (Å²) in [6.07, 6.45) is 1.72. The molecule has 0 aliphatic heterocycles. The van der Waals surface area contributed by atoms with Gasteiger partial charge in [0.25, 0.3) is 0 Å². The average Bonchev–Trinajstić information content (AvgIpc) is 2.15. The van der Waals surface area contributed by atoms with Crippen LogP contribution in [-0.4, -0.2) is 6.61 Å². The van der Waals surface area contributed by atoms with Crippen molar-refractivity contribution >= 4 is 15.9 Å². The van der Waals surface area contributed by atoms with Gasteiger partial charge in [-0.05, 0) is 25.1 Å². The third kappa shape index (κ3) is 2.86. The van der Waals surface area contributed by atoms with E-state index in [-0.39, 0.29) is 6.04 Å². The van der Waals surface area contributed by atoms with E-state index in [4.69, 9.17) is 10.5 Å². The molecule has 14 heavy (non-hydrogen) atoms. The summed E-state index contributed by atoms with van der Waals surface area (Å²) in [5.74, 6) is 0.822. The van der Waals surface area contributed by atoms with Crippen molar-refractivity contribution in [3.8, 4) is 5.75 Å². The van der Waals surface area contributed by atoms with Gasteiger partial charge < -0.3 is 10.5 Å². The lowest BCUT2D eigenvalue weighted by atomic mass is 10.1. The quantitative estimate of drug-likeness (QED) is 0.840. The van der Waals surface area contributed by atoms with E-state index in [1.807, 2.05) is 25.1 Å².